The van der Waals surface area contributed by atoms with Gasteiger partial charge in [-0.2, -0.15) is 4.37 Å². The molecule has 7 heteroatoms. The summed E-state index contributed by atoms with van der Waals surface area (Å²) in [5, 5.41) is 18.0. The summed E-state index contributed by atoms with van der Waals surface area (Å²) < 4.78 is 8.57. The van der Waals surface area contributed by atoms with E-state index in [4.69, 9.17) is 9.84 Å². The molecule has 1 heterocycles. The average Bonchev–Trinajstić information content (AvgIpc) is 2.77. The summed E-state index contributed by atoms with van der Waals surface area (Å²) in [5.74, 6) is -1.99. The number of nitrogens with zero attached hydrogens (tertiary/aromatic N) is 1. The molecule has 0 amide bonds. The summed E-state index contributed by atoms with van der Waals surface area (Å²) in [6.07, 6.45) is 1.09. The van der Waals surface area contributed by atoms with Crippen molar-refractivity contribution >= 4 is 23.5 Å². The maximum absolute atomic E-state index is 11.7. The standard InChI is InChI=1S/C11H7NO5S/c13-6-2-1-3-7(4-6)17-11(16)9-8(10(14)15)5-12-18-9/h1-5,13H,(H,14,15). The van der Waals surface area contributed by atoms with Crippen LogP contribution < -0.4 is 4.74 Å². The van der Waals surface area contributed by atoms with Gasteiger partial charge in [0.25, 0.3) is 0 Å². The molecule has 2 N–H and O–H groups in total. The molecule has 1 aromatic heterocycles. The van der Waals surface area contributed by atoms with E-state index in [2.05, 4.69) is 4.37 Å². The number of aromatic hydroxyl groups is 1. The Bertz CT molecular complexity index is 607. The molecule has 0 aliphatic rings. The van der Waals surface area contributed by atoms with Crippen LogP contribution in [0, 0.1) is 0 Å². The summed E-state index contributed by atoms with van der Waals surface area (Å²) in [6.45, 7) is 0. The van der Waals surface area contributed by atoms with Gasteiger partial charge in [-0.3, -0.25) is 0 Å². The largest absolute Gasteiger partial charge is 0.508 e. The molecule has 2 rings (SSSR count). The predicted octanol–water partition coefficient (Wildman–Crippen LogP) is 1.77. The van der Waals surface area contributed by atoms with E-state index in [1.54, 1.807) is 0 Å². The molecule has 92 valence electrons. The van der Waals surface area contributed by atoms with Crippen LogP contribution in [0.5, 0.6) is 11.5 Å². The highest BCUT2D eigenvalue weighted by atomic mass is 32.1. The number of aromatic nitrogens is 1. The van der Waals surface area contributed by atoms with Crippen molar-refractivity contribution in [1.82, 2.24) is 4.37 Å². The lowest BCUT2D eigenvalue weighted by Crippen LogP contribution is -2.11. The Morgan fingerprint density at radius 2 is 2.11 bits per heavy atom. The number of rotatable bonds is 3. The first-order valence-corrected chi connectivity index (χ1v) is 5.54. The summed E-state index contributed by atoms with van der Waals surface area (Å²) >= 11 is 0.742. The van der Waals surface area contributed by atoms with E-state index in [1.165, 1.54) is 24.3 Å². The van der Waals surface area contributed by atoms with Crippen molar-refractivity contribution in [2.24, 2.45) is 0 Å². The lowest BCUT2D eigenvalue weighted by atomic mass is 10.3. The lowest BCUT2D eigenvalue weighted by molar-refractivity contribution is 0.0671. The highest BCUT2D eigenvalue weighted by Crippen LogP contribution is 2.21. The maximum Gasteiger partial charge on any atom is 0.356 e. The first-order valence-electron chi connectivity index (χ1n) is 4.77. The Balaban J connectivity index is 2.22. The number of esters is 1. The summed E-state index contributed by atoms with van der Waals surface area (Å²) in [7, 11) is 0. The van der Waals surface area contributed by atoms with E-state index in [0.29, 0.717) is 0 Å². The number of phenolic OH excluding ortho intramolecular Hbond substituents is 1. The molecule has 0 bridgehead atoms. The van der Waals surface area contributed by atoms with E-state index in [0.717, 1.165) is 17.7 Å². The van der Waals surface area contributed by atoms with Crippen LogP contribution in [0.25, 0.3) is 0 Å². The predicted molar refractivity (Wildman–Crippen MR) is 62.1 cm³/mol. The van der Waals surface area contributed by atoms with Gasteiger partial charge < -0.3 is 14.9 Å². The second-order valence-corrected chi connectivity index (χ2v) is 4.06. The van der Waals surface area contributed by atoms with Gasteiger partial charge in [0, 0.05) is 6.07 Å². The van der Waals surface area contributed by atoms with Crippen molar-refractivity contribution < 1.29 is 24.5 Å². The minimum absolute atomic E-state index is 0.0527. The van der Waals surface area contributed by atoms with Crippen LogP contribution >= 0.6 is 11.5 Å². The molecule has 0 atom stereocenters. The Morgan fingerprint density at radius 3 is 2.78 bits per heavy atom. The van der Waals surface area contributed by atoms with Crippen molar-refractivity contribution in [3.63, 3.8) is 0 Å². The molecule has 0 radical (unpaired) electrons. The number of phenols is 1. The lowest BCUT2D eigenvalue weighted by Gasteiger charge is -2.03. The molecule has 0 aliphatic heterocycles. The Morgan fingerprint density at radius 1 is 1.33 bits per heavy atom. The number of aromatic carboxylic acids is 1. The Kier molecular flexibility index (Phi) is 3.24. The van der Waals surface area contributed by atoms with E-state index < -0.39 is 11.9 Å². The number of carboxylic acid groups (broad SMARTS) is 1. The van der Waals surface area contributed by atoms with Gasteiger partial charge in [-0.25, -0.2) is 9.59 Å². The molecule has 1 aromatic carbocycles. The molecule has 0 aliphatic carbocycles. The number of hydrogen-bond acceptors (Lipinski definition) is 6. The molecule has 0 saturated carbocycles. The molecular weight excluding hydrogens is 258 g/mol. The van der Waals surface area contributed by atoms with E-state index in [-0.39, 0.29) is 21.9 Å². The molecule has 0 spiro atoms. The van der Waals surface area contributed by atoms with Crippen molar-refractivity contribution in [1.29, 1.82) is 0 Å². The number of carbonyl (C=O) groups is 2. The fourth-order valence-electron chi connectivity index (χ4n) is 1.24. The van der Waals surface area contributed by atoms with Gasteiger partial charge in [0.05, 0.1) is 6.20 Å². The van der Waals surface area contributed by atoms with Crippen molar-refractivity contribution in [3.05, 3.63) is 40.9 Å². The zero-order valence-corrected chi connectivity index (χ0v) is 9.68. The minimum Gasteiger partial charge on any atom is -0.508 e. The quantitative estimate of drug-likeness (QED) is 0.648. The third-order valence-electron chi connectivity index (χ3n) is 2.01. The Hall–Kier alpha value is -2.41. The second-order valence-electron chi connectivity index (χ2n) is 3.26. The van der Waals surface area contributed by atoms with Gasteiger partial charge in [0.2, 0.25) is 0 Å². The van der Waals surface area contributed by atoms with Gasteiger partial charge in [0.15, 0.2) is 0 Å². The average molecular weight is 265 g/mol. The van der Waals surface area contributed by atoms with Gasteiger partial charge in [0.1, 0.15) is 21.9 Å². The van der Waals surface area contributed by atoms with E-state index in [9.17, 15) is 14.7 Å². The van der Waals surface area contributed by atoms with Crippen molar-refractivity contribution in [3.8, 4) is 11.5 Å². The SMILES string of the molecule is O=C(O)c1cnsc1C(=O)Oc1cccc(O)c1. The minimum atomic E-state index is -1.24. The normalized spacial score (nSPS) is 10.0. The zero-order valence-electron chi connectivity index (χ0n) is 8.86. The van der Waals surface area contributed by atoms with Crippen LogP contribution in [-0.4, -0.2) is 26.5 Å². The summed E-state index contributed by atoms with van der Waals surface area (Å²) in [5.41, 5.74) is -0.204. The van der Waals surface area contributed by atoms with E-state index >= 15 is 0 Å². The third kappa shape index (κ3) is 2.46. The molecule has 6 nitrogen and oxygen atoms in total. The van der Waals surface area contributed by atoms with Crippen LogP contribution in [-0.2, 0) is 0 Å². The van der Waals surface area contributed by atoms with Gasteiger partial charge in [-0.15, -0.1) is 0 Å². The highest BCUT2D eigenvalue weighted by molar-refractivity contribution is 7.08. The fraction of sp³-hybridized carbons (Fsp3) is 0. The smallest absolute Gasteiger partial charge is 0.356 e. The van der Waals surface area contributed by atoms with Gasteiger partial charge in [-0.1, -0.05) is 6.07 Å². The molecule has 0 unspecified atom stereocenters. The third-order valence-corrected chi connectivity index (χ3v) is 2.79. The van der Waals surface area contributed by atoms with Crippen LogP contribution in [0.15, 0.2) is 30.5 Å². The number of benzene rings is 1. The first kappa shape index (κ1) is 12.1. The fourth-order valence-corrected chi connectivity index (χ4v) is 1.86. The number of ether oxygens (including phenoxy) is 1. The first-order chi connectivity index (χ1) is 8.58. The maximum atomic E-state index is 11.7. The number of carbonyl (C=O) groups excluding carboxylic acids is 1. The van der Waals surface area contributed by atoms with Crippen molar-refractivity contribution in [2.75, 3.05) is 0 Å². The van der Waals surface area contributed by atoms with Crippen LogP contribution in [0.1, 0.15) is 20.0 Å². The van der Waals surface area contributed by atoms with E-state index in [1.807, 2.05) is 0 Å². The summed E-state index contributed by atoms with van der Waals surface area (Å²) in [6, 6.07) is 5.65. The topological polar surface area (TPSA) is 96.7 Å². The monoisotopic (exact) mass is 265 g/mol. The zero-order chi connectivity index (χ0) is 13.1. The molecule has 18 heavy (non-hydrogen) atoms. The number of carboxylic acids is 1. The van der Waals surface area contributed by atoms with Crippen LogP contribution in [0.2, 0.25) is 0 Å². The highest BCUT2D eigenvalue weighted by Gasteiger charge is 2.21. The molecular formula is C11H7NO5S. The van der Waals surface area contributed by atoms with Crippen molar-refractivity contribution in [2.45, 2.75) is 0 Å². The van der Waals surface area contributed by atoms with Gasteiger partial charge >= 0.3 is 11.9 Å². The molecule has 2 aromatic rings. The molecule has 0 saturated heterocycles. The Labute approximate surface area is 105 Å². The summed E-state index contributed by atoms with van der Waals surface area (Å²) in [4.78, 5) is 22.4. The second kappa shape index (κ2) is 4.84. The van der Waals surface area contributed by atoms with Crippen LogP contribution in [0.3, 0.4) is 0 Å². The van der Waals surface area contributed by atoms with Crippen LogP contribution in [0.4, 0.5) is 0 Å². The molecule has 0 fully saturated rings. The number of hydrogen-bond donors (Lipinski definition) is 2. The van der Waals surface area contributed by atoms with Gasteiger partial charge in [-0.05, 0) is 23.7 Å².